The van der Waals surface area contributed by atoms with Crippen LogP contribution in [0.15, 0.2) is 12.1 Å². The van der Waals surface area contributed by atoms with Crippen LogP contribution in [-0.4, -0.2) is 24.2 Å². The molecular weight excluding hydrogens is 266 g/mol. The summed E-state index contributed by atoms with van der Waals surface area (Å²) in [7, 11) is 0. The maximum absolute atomic E-state index is 11.4. The van der Waals surface area contributed by atoms with Gasteiger partial charge in [-0.25, -0.2) is 0 Å². The molecule has 1 amide bonds. The third-order valence-electron chi connectivity index (χ3n) is 4.76. The molecule has 21 heavy (non-hydrogen) atoms. The van der Waals surface area contributed by atoms with E-state index in [0.29, 0.717) is 23.9 Å². The predicted molar refractivity (Wildman–Crippen MR) is 84.2 cm³/mol. The molecule has 1 aromatic rings. The molecule has 0 radical (unpaired) electrons. The van der Waals surface area contributed by atoms with Gasteiger partial charge in [-0.3, -0.25) is 4.79 Å². The van der Waals surface area contributed by atoms with E-state index in [4.69, 9.17) is 5.73 Å². The van der Waals surface area contributed by atoms with Gasteiger partial charge in [-0.2, -0.15) is 0 Å². The van der Waals surface area contributed by atoms with Crippen LogP contribution in [-0.2, 0) is 11.2 Å². The molecule has 114 valence electrons. The summed E-state index contributed by atoms with van der Waals surface area (Å²) in [5, 5.41) is 15.7. The molecule has 1 aliphatic carbocycles. The number of anilines is 3. The van der Waals surface area contributed by atoms with Gasteiger partial charge in [-0.1, -0.05) is 12.8 Å². The maximum Gasteiger partial charge on any atom is 0.228 e. The molecule has 5 heteroatoms. The highest BCUT2D eigenvalue weighted by atomic mass is 16.3. The van der Waals surface area contributed by atoms with Crippen molar-refractivity contribution in [2.24, 2.45) is 11.8 Å². The Hall–Kier alpha value is -1.75. The fourth-order valence-corrected chi connectivity index (χ4v) is 3.48. The molecule has 0 aromatic heterocycles. The van der Waals surface area contributed by atoms with Gasteiger partial charge < -0.3 is 21.5 Å². The number of aliphatic hydroxyl groups excluding tert-OH is 1. The number of aliphatic hydroxyl groups is 1. The molecule has 0 spiro atoms. The zero-order valence-electron chi connectivity index (χ0n) is 12.2. The van der Waals surface area contributed by atoms with Crippen LogP contribution < -0.4 is 16.4 Å². The summed E-state index contributed by atoms with van der Waals surface area (Å²) < 4.78 is 0. The zero-order valence-corrected chi connectivity index (χ0v) is 12.2. The predicted octanol–water partition coefficient (Wildman–Crippen LogP) is 1.97. The Morgan fingerprint density at radius 1 is 1.29 bits per heavy atom. The van der Waals surface area contributed by atoms with Crippen LogP contribution in [0.3, 0.4) is 0 Å². The number of benzene rings is 1. The number of rotatable bonds is 4. The number of carbonyl (C=O) groups excluding carboxylic acids is 1. The van der Waals surface area contributed by atoms with Crippen molar-refractivity contribution >= 4 is 23.0 Å². The van der Waals surface area contributed by atoms with Crippen molar-refractivity contribution in [3.63, 3.8) is 0 Å². The highest BCUT2D eigenvalue weighted by Crippen LogP contribution is 2.33. The first-order chi connectivity index (χ1) is 10.2. The van der Waals surface area contributed by atoms with Crippen LogP contribution in [0.1, 0.15) is 31.2 Å². The average Bonchev–Trinajstić information content (AvgIpc) is 2.84. The van der Waals surface area contributed by atoms with Crippen molar-refractivity contribution in [2.45, 2.75) is 32.1 Å². The van der Waals surface area contributed by atoms with Crippen LogP contribution in [0.5, 0.6) is 0 Å². The molecule has 2 atom stereocenters. The quantitative estimate of drug-likeness (QED) is 0.638. The van der Waals surface area contributed by atoms with Gasteiger partial charge in [-0.15, -0.1) is 0 Å². The van der Waals surface area contributed by atoms with Gasteiger partial charge in [0, 0.05) is 18.8 Å². The molecule has 0 bridgehead atoms. The number of fused-ring (bicyclic) bond motifs is 1. The number of nitrogens with two attached hydrogens (primary N) is 1. The van der Waals surface area contributed by atoms with Crippen molar-refractivity contribution in [3.8, 4) is 0 Å². The van der Waals surface area contributed by atoms with E-state index in [1.54, 1.807) is 0 Å². The Morgan fingerprint density at radius 2 is 2.05 bits per heavy atom. The van der Waals surface area contributed by atoms with Crippen LogP contribution in [0.2, 0.25) is 0 Å². The van der Waals surface area contributed by atoms with Gasteiger partial charge in [0.05, 0.1) is 17.8 Å². The van der Waals surface area contributed by atoms with Crippen LogP contribution in [0.25, 0.3) is 0 Å². The molecule has 1 fully saturated rings. The van der Waals surface area contributed by atoms with E-state index >= 15 is 0 Å². The smallest absolute Gasteiger partial charge is 0.228 e. The lowest BCUT2D eigenvalue weighted by molar-refractivity contribution is -0.115. The van der Waals surface area contributed by atoms with E-state index < -0.39 is 0 Å². The Balaban J connectivity index is 1.68. The zero-order chi connectivity index (χ0) is 14.8. The van der Waals surface area contributed by atoms with Crippen molar-refractivity contribution in [1.82, 2.24) is 0 Å². The Bertz CT molecular complexity index is 545. The molecule has 5 N–H and O–H groups in total. The summed E-state index contributed by atoms with van der Waals surface area (Å²) in [6.07, 6.45) is 5.13. The van der Waals surface area contributed by atoms with Crippen molar-refractivity contribution < 1.29 is 9.90 Å². The minimum absolute atomic E-state index is 0.0224. The lowest BCUT2D eigenvalue weighted by Crippen LogP contribution is -2.28. The van der Waals surface area contributed by atoms with Crippen LogP contribution in [0.4, 0.5) is 17.1 Å². The van der Waals surface area contributed by atoms with E-state index in [1.165, 1.54) is 12.8 Å². The summed E-state index contributed by atoms with van der Waals surface area (Å²) in [4.78, 5) is 11.4. The third kappa shape index (κ3) is 2.97. The Morgan fingerprint density at radius 3 is 2.81 bits per heavy atom. The molecule has 5 nitrogen and oxygen atoms in total. The fraction of sp³-hybridized carbons (Fsp3) is 0.562. The average molecular weight is 289 g/mol. The highest BCUT2D eigenvalue weighted by Gasteiger charge is 2.25. The molecular formula is C16H23N3O2. The molecule has 0 saturated heterocycles. The first kappa shape index (κ1) is 14.2. The summed E-state index contributed by atoms with van der Waals surface area (Å²) >= 11 is 0. The second kappa shape index (κ2) is 5.93. The van der Waals surface area contributed by atoms with Crippen molar-refractivity contribution in [3.05, 3.63) is 17.7 Å². The lowest BCUT2D eigenvalue weighted by Gasteiger charge is -2.30. The van der Waals surface area contributed by atoms with E-state index in [9.17, 15) is 9.90 Å². The summed E-state index contributed by atoms with van der Waals surface area (Å²) in [5.74, 6) is 0.904. The monoisotopic (exact) mass is 289 g/mol. The molecule has 3 rings (SSSR count). The van der Waals surface area contributed by atoms with Crippen molar-refractivity contribution in [2.75, 3.05) is 29.5 Å². The number of carbonyl (C=O) groups is 1. The largest absolute Gasteiger partial charge is 0.397 e. The van der Waals surface area contributed by atoms with Crippen LogP contribution >= 0.6 is 0 Å². The van der Waals surface area contributed by atoms with E-state index in [0.717, 1.165) is 36.3 Å². The first-order valence-corrected chi connectivity index (χ1v) is 7.74. The highest BCUT2D eigenvalue weighted by molar-refractivity contribution is 6.00. The normalized spacial score (nSPS) is 24.5. The van der Waals surface area contributed by atoms with E-state index in [1.807, 2.05) is 12.1 Å². The van der Waals surface area contributed by atoms with Gasteiger partial charge >= 0.3 is 0 Å². The minimum Gasteiger partial charge on any atom is -0.397 e. The maximum atomic E-state index is 11.4. The summed E-state index contributed by atoms with van der Waals surface area (Å²) in [5.41, 5.74) is 9.45. The Labute approximate surface area is 124 Å². The van der Waals surface area contributed by atoms with Gasteiger partial charge in [0.15, 0.2) is 0 Å². The molecule has 1 aliphatic heterocycles. The minimum atomic E-state index is 0.0224. The summed E-state index contributed by atoms with van der Waals surface area (Å²) in [6.45, 7) is 1.09. The first-order valence-electron chi connectivity index (χ1n) is 7.74. The number of nitrogens with one attached hydrogen (secondary N) is 2. The number of hydrogen-bond acceptors (Lipinski definition) is 4. The molecule has 2 unspecified atom stereocenters. The second-order valence-corrected chi connectivity index (χ2v) is 6.19. The van der Waals surface area contributed by atoms with E-state index in [2.05, 4.69) is 10.6 Å². The van der Waals surface area contributed by atoms with Gasteiger partial charge in [0.1, 0.15) is 0 Å². The van der Waals surface area contributed by atoms with Crippen LogP contribution in [0, 0.1) is 11.8 Å². The molecule has 1 saturated carbocycles. The SMILES string of the molecule is Nc1cc2c(cc1NCC1CCCCC1CO)NC(=O)C2. The van der Waals surface area contributed by atoms with Crippen molar-refractivity contribution in [1.29, 1.82) is 0 Å². The lowest BCUT2D eigenvalue weighted by atomic mass is 9.79. The second-order valence-electron chi connectivity index (χ2n) is 6.19. The number of amides is 1. The standard InChI is InChI=1S/C16H23N3O2/c17-13-5-12-6-16(21)19-14(12)7-15(13)18-8-10-3-1-2-4-11(10)9-20/h5,7,10-11,18,20H,1-4,6,8-9,17H2,(H,19,21). The van der Waals surface area contributed by atoms with E-state index in [-0.39, 0.29) is 12.5 Å². The number of nitrogen functional groups attached to an aromatic ring is 1. The molecule has 1 heterocycles. The Kier molecular flexibility index (Phi) is 4.01. The topological polar surface area (TPSA) is 87.4 Å². The fourth-order valence-electron chi connectivity index (χ4n) is 3.48. The van der Waals surface area contributed by atoms with Gasteiger partial charge in [0.25, 0.3) is 0 Å². The summed E-state index contributed by atoms with van der Waals surface area (Å²) in [6, 6.07) is 3.80. The van der Waals surface area contributed by atoms with Gasteiger partial charge in [0.2, 0.25) is 5.91 Å². The molecule has 2 aliphatic rings. The van der Waals surface area contributed by atoms with Gasteiger partial charge in [-0.05, 0) is 42.4 Å². The molecule has 1 aromatic carbocycles. The third-order valence-corrected chi connectivity index (χ3v) is 4.76. The number of hydrogen-bond donors (Lipinski definition) is 4.